The van der Waals surface area contributed by atoms with E-state index in [2.05, 4.69) is 4.98 Å². The fraction of sp³-hybridized carbons (Fsp3) is 0.417. The number of esters is 1. The number of nitriles is 1. The van der Waals surface area contributed by atoms with E-state index in [0.29, 0.717) is 0 Å². The molecule has 0 aliphatic heterocycles. The van der Waals surface area contributed by atoms with Crippen molar-refractivity contribution in [2.45, 2.75) is 25.7 Å². The van der Waals surface area contributed by atoms with Crippen molar-refractivity contribution < 1.29 is 18.3 Å². The number of carbonyl (C=O) groups excluding carboxylic acids is 1. The van der Waals surface area contributed by atoms with E-state index in [-0.39, 0.29) is 35.7 Å². The Balaban J connectivity index is 3.21. The van der Waals surface area contributed by atoms with Gasteiger partial charge >= 0.3 is 5.97 Å². The van der Waals surface area contributed by atoms with Gasteiger partial charge in [-0.2, -0.15) is 5.26 Å². The Kier molecular flexibility index (Phi) is 5.64. The highest BCUT2D eigenvalue weighted by Gasteiger charge is 2.20. The van der Waals surface area contributed by atoms with Crippen LogP contribution in [0.3, 0.4) is 0 Å². The summed E-state index contributed by atoms with van der Waals surface area (Å²) in [4.78, 5) is 15.0. The van der Waals surface area contributed by atoms with Gasteiger partial charge in [-0.05, 0) is 18.6 Å². The normalized spacial score (nSPS) is 10.3. The second kappa shape index (κ2) is 7.00. The lowest BCUT2D eigenvalue weighted by Crippen LogP contribution is -2.12. The minimum Gasteiger partial charge on any atom is -0.466 e. The first-order chi connectivity index (χ1) is 9.03. The average molecular weight is 289 g/mol. The standard InChI is InChI=1S/C12H11ClF2N2O2/c1-2-19-10(18)4-7-3-8(6-16)9(5-13)17-11(7)12(14)15/h3,12H,2,4-5H2,1H3. The molecule has 0 radical (unpaired) electrons. The molecular formula is C12H11ClF2N2O2. The minimum atomic E-state index is -2.85. The number of ether oxygens (including phenoxy) is 1. The van der Waals surface area contributed by atoms with Crippen molar-refractivity contribution in [3.05, 3.63) is 28.6 Å². The number of halogens is 3. The Morgan fingerprint density at radius 3 is 2.79 bits per heavy atom. The zero-order chi connectivity index (χ0) is 14.4. The predicted octanol–water partition coefficient (Wildman–Crippen LogP) is 2.74. The van der Waals surface area contributed by atoms with E-state index in [1.54, 1.807) is 6.92 Å². The molecule has 4 nitrogen and oxygen atoms in total. The van der Waals surface area contributed by atoms with E-state index in [9.17, 15) is 13.6 Å². The third-order valence-corrected chi connectivity index (χ3v) is 2.56. The van der Waals surface area contributed by atoms with Gasteiger partial charge in [0.2, 0.25) is 0 Å². The van der Waals surface area contributed by atoms with Crippen molar-refractivity contribution in [3.63, 3.8) is 0 Å². The fourth-order valence-corrected chi connectivity index (χ4v) is 1.71. The maximum Gasteiger partial charge on any atom is 0.310 e. The molecule has 0 saturated heterocycles. The largest absolute Gasteiger partial charge is 0.466 e. The van der Waals surface area contributed by atoms with E-state index in [1.807, 2.05) is 6.07 Å². The van der Waals surface area contributed by atoms with Crippen molar-refractivity contribution in [2.75, 3.05) is 6.61 Å². The Labute approximate surface area is 114 Å². The third kappa shape index (κ3) is 3.86. The van der Waals surface area contributed by atoms with Gasteiger partial charge in [0.25, 0.3) is 6.43 Å². The van der Waals surface area contributed by atoms with Gasteiger partial charge < -0.3 is 4.74 Å². The number of aromatic nitrogens is 1. The summed E-state index contributed by atoms with van der Waals surface area (Å²) in [5, 5.41) is 8.89. The van der Waals surface area contributed by atoms with Crippen LogP contribution >= 0.6 is 11.6 Å². The van der Waals surface area contributed by atoms with Crippen LogP contribution in [0.1, 0.15) is 35.9 Å². The lowest BCUT2D eigenvalue weighted by atomic mass is 10.1. The molecular weight excluding hydrogens is 278 g/mol. The summed E-state index contributed by atoms with van der Waals surface area (Å²) in [7, 11) is 0. The molecule has 19 heavy (non-hydrogen) atoms. The summed E-state index contributed by atoms with van der Waals surface area (Å²) >= 11 is 5.55. The second-order valence-corrected chi connectivity index (χ2v) is 3.82. The van der Waals surface area contributed by atoms with E-state index in [4.69, 9.17) is 21.6 Å². The Morgan fingerprint density at radius 2 is 2.32 bits per heavy atom. The number of hydrogen-bond donors (Lipinski definition) is 0. The van der Waals surface area contributed by atoms with Gasteiger partial charge in [0.15, 0.2) is 0 Å². The molecule has 1 rings (SSSR count). The summed E-state index contributed by atoms with van der Waals surface area (Å²) in [6.07, 6.45) is -3.20. The number of hydrogen-bond acceptors (Lipinski definition) is 4. The molecule has 0 amide bonds. The van der Waals surface area contributed by atoms with E-state index >= 15 is 0 Å². The molecule has 1 heterocycles. The van der Waals surface area contributed by atoms with Crippen LogP contribution in [0.15, 0.2) is 6.07 Å². The maximum absolute atomic E-state index is 12.9. The lowest BCUT2D eigenvalue weighted by Gasteiger charge is -2.10. The third-order valence-electron chi connectivity index (χ3n) is 2.31. The van der Waals surface area contributed by atoms with Gasteiger partial charge in [-0.25, -0.2) is 13.8 Å². The van der Waals surface area contributed by atoms with Crippen LogP contribution in [-0.4, -0.2) is 17.6 Å². The van der Waals surface area contributed by atoms with Crippen molar-refractivity contribution in [2.24, 2.45) is 0 Å². The van der Waals surface area contributed by atoms with Crippen molar-refractivity contribution in [1.29, 1.82) is 5.26 Å². The van der Waals surface area contributed by atoms with Crippen LogP contribution < -0.4 is 0 Å². The summed E-state index contributed by atoms with van der Waals surface area (Å²) in [6, 6.07) is 3.03. The molecule has 0 atom stereocenters. The number of rotatable bonds is 5. The second-order valence-electron chi connectivity index (χ2n) is 3.55. The minimum absolute atomic E-state index is 0.0149. The summed E-state index contributed by atoms with van der Waals surface area (Å²) in [5.41, 5.74) is -0.396. The van der Waals surface area contributed by atoms with Gasteiger partial charge in [0.05, 0.1) is 30.2 Å². The van der Waals surface area contributed by atoms with Crippen LogP contribution in [-0.2, 0) is 21.8 Å². The summed E-state index contributed by atoms with van der Waals surface area (Å²) < 4.78 is 30.4. The molecule has 0 aliphatic carbocycles. The molecule has 1 aromatic rings. The van der Waals surface area contributed by atoms with Crippen LogP contribution in [0.5, 0.6) is 0 Å². The quantitative estimate of drug-likeness (QED) is 0.617. The average Bonchev–Trinajstić information content (AvgIpc) is 2.38. The van der Waals surface area contributed by atoms with Gasteiger partial charge in [-0.1, -0.05) is 0 Å². The van der Waals surface area contributed by atoms with Gasteiger partial charge in [0.1, 0.15) is 11.8 Å². The molecule has 7 heteroatoms. The van der Waals surface area contributed by atoms with Crippen molar-refractivity contribution in [1.82, 2.24) is 4.98 Å². The smallest absolute Gasteiger partial charge is 0.310 e. The molecule has 102 valence electrons. The topological polar surface area (TPSA) is 63.0 Å². The van der Waals surface area contributed by atoms with Crippen molar-refractivity contribution >= 4 is 17.6 Å². The first-order valence-corrected chi connectivity index (χ1v) is 5.99. The maximum atomic E-state index is 12.9. The first kappa shape index (κ1) is 15.3. The fourth-order valence-electron chi connectivity index (χ4n) is 1.51. The first-order valence-electron chi connectivity index (χ1n) is 5.46. The molecule has 0 aliphatic rings. The Bertz CT molecular complexity index is 515. The van der Waals surface area contributed by atoms with Gasteiger partial charge in [-0.15, -0.1) is 11.6 Å². The number of carbonyl (C=O) groups is 1. The van der Waals surface area contributed by atoms with Crippen LogP contribution in [0.25, 0.3) is 0 Å². The Morgan fingerprint density at radius 1 is 1.63 bits per heavy atom. The zero-order valence-corrected chi connectivity index (χ0v) is 10.9. The number of pyridine rings is 1. The highest BCUT2D eigenvalue weighted by molar-refractivity contribution is 6.17. The molecule has 1 aromatic heterocycles. The van der Waals surface area contributed by atoms with Crippen LogP contribution in [0, 0.1) is 11.3 Å². The number of alkyl halides is 3. The zero-order valence-electron chi connectivity index (χ0n) is 10.1. The lowest BCUT2D eigenvalue weighted by molar-refractivity contribution is -0.142. The summed E-state index contributed by atoms with van der Waals surface area (Å²) in [5.74, 6) is -0.795. The van der Waals surface area contributed by atoms with Gasteiger partial charge in [0, 0.05) is 0 Å². The molecule has 0 unspecified atom stereocenters. The highest BCUT2D eigenvalue weighted by atomic mass is 35.5. The number of nitrogens with zero attached hydrogens (tertiary/aromatic N) is 2. The Hall–Kier alpha value is -1.74. The highest BCUT2D eigenvalue weighted by Crippen LogP contribution is 2.24. The molecule has 0 fully saturated rings. The molecule has 0 aromatic carbocycles. The SMILES string of the molecule is CCOC(=O)Cc1cc(C#N)c(CCl)nc1C(F)F. The van der Waals surface area contributed by atoms with E-state index in [1.165, 1.54) is 6.07 Å². The van der Waals surface area contributed by atoms with Crippen LogP contribution in [0.2, 0.25) is 0 Å². The van der Waals surface area contributed by atoms with Gasteiger partial charge in [-0.3, -0.25) is 4.79 Å². The predicted molar refractivity (Wildman–Crippen MR) is 63.8 cm³/mol. The monoisotopic (exact) mass is 288 g/mol. The van der Waals surface area contributed by atoms with Crippen LogP contribution in [0.4, 0.5) is 8.78 Å². The molecule has 0 N–H and O–H groups in total. The summed E-state index contributed by atoms with van der Waals surface area (Å²) in [6.45, 7) is 1.77. The van der Waals surface area contributed by atoms with E-state index < -0.39 is 18.1 Å². The molecule has 0 saturated carbocycles. The molecule has 0 bridgehead atoms. The van der Waals surface area contributed by atoms with Crippen molar-refractivity contribution in [3.8, 4) is 6.07 Å². The molecule has 0 spiro atoms. The van der Waals surface area contributed by atoms with E-state index in [0.717, 1.165) is 0 Å².